The number of thiophene rings is 1. The van der Waals surface area contributed by atoms with Crippen molar-refractivity contribution in [2.45, 2.75) is 31.7 Å². The Morgan fingerprint density at radius 2 is 2.24 bits per heavy atom. The van der Waals surface area contributed by atoms with Gasteiger partial charge in [0.2, 0.25) is 0 Å². The van der Waals surface area contributed by atoms with E-state index in [0.29, 0.717) is 4.88 Å². The second kappa shape index (κ2) is 7.38. The van der Waals surface area contributed by atoms with Gasteiger partial charge in [0.1, 0.15) is 0 Å². The highest BCUT2D eigenvalue weighted by Gasteiger charge is 2.23. The Balaban J connectivity index is 1.99. The highest BCUT2D eigenvalue weighted by molar-refractivity contribution is 7.14. The van der Waals surface area contributed by atoms with Gasteiger partial charge >= 0.3 is 5.97 Å². The summed E-state index contributed by atoms with van der Waals surface area (Å²) in [4.78, 5) is 25.1. The van der Waals surface area contributed by atoms with Crippen molar-refractivity contribution in [3.05, 3.63) is 34.0 Å². The quantitative estimate of drug-likeness (QED) is 0.597. The largest absolute Gasteiger partial charge is 0.480 e. The van der Waals surface area contributed by atoms with Gasteiger partial charge in [0, 0.05) is 4.88 Å². The Labute approximate surface area is 127 Å². The first-order valence-electron chi connectivity index (χ1n) is 6.95. The van der Waals surface area contributed by atoms with E-state index >= 15 is 0 Å². The van der Waals surface area contributed by atoms with Crippen molar-refractivity contribution in [3.63, 3.8) is 0 Å². The van der Waals surface area contributed by atoms with Gasteiger partial charge in [-0.05, 0) is 37.3 Å². The zero-order valence-corrected chi connectivity index (χ0v) is 12.6. The predicted octanol–water partition coefficient (Wildman–Crippen LogP) is 2.01. The number of carboxylic acid groups (broad SMARTS) is 1. The molecule has 1 unspecified atom stereocenters. The van der Waals surface area contributed by atoms with E-state index in [1.165, 1.54) is 27.9 Å². The molecule has 2 N–H and O–H groups in total. The lowest BCUT2D eigenvalue weighted by atomic mass is 9.99. The molecular weight excluding hydrogens is 290 g/mol. The molecule has 1 aromatic rings. The molecule has 1 amide bonds. The van der Waals surface area contributed by atoms with Crippen LogP contribution in [0.3, 0.4) is 0 Å². The molecule has 0 aliphatic heterocycles. The van der Waals surface area contributed by atoms with E-state index in [0.717, 1.165) is 25.7 Å². The normalized spacial score (nSPS) is 15.0. The average Bonchev–Trinajstić information content (AvgIpc) is 2.90. The molecule has 1 atom stereocenters. The number of ether oxygens (including phenoxy) is 1. The molecular formula is C15H19NO4S. The molecule has 0 radical (unpaired) electrons. The van der Waals surface area contributed by atoms with Crippen LogP contribution in [0.1, 0.15) is 33.0 Å². The molecule has 1 heterocycles. The van der Waals surface area contributed by atoms with Gasteiger partial charge in [-0.3, -0.25) is 4.79 Å². The molecule has 0 bridgehead atoms. The molecule has 0 spiro atoms. The number of hydrogen-bond acceptors (Lipinski definition) is 4. The minimum atomic E-state index is -1.10. The smallest absolute Gasteiger partial charge is 0.328 e. The van der Waals surface area contributed by atoms with Gasteiger partial charge in [0.25, 0.3) is 5.91 Å². The third-order valence-electron chi connectivity index (χ3n) is 3.34. The molecule has 0 saturated heterocycles. The van der Waals surface area contributed by atoms with Crippen molar-refractivity contribution in [2.24, 2.45) is 0 Å². The van der Waals surface area contributed by atoms with Crippen molar-refractivity contribution in [3.8, 4) is 0 Å². The summed E-state index contributed by atoms with van der Waals surface area (Å²) in [5.74, 6) is -1.45. The first kappa shape index (κ1) is 15.7. The van der Waals surface area contributed by atoms with E-state index < -0.39 is 12.0 Å². The monoisotopic (exact) mass is 309 g/mol. The van der Waals surface area contributed by atoms with E-state index in [4.69, 9.17) is 9.84 Å². The van der Waals surface area contributed by atoms with Crippen molar-refractivity contribution < 1.29 is 19.4 Å². The third kappa shape index (κ3) is 4.15. The lowest BCUT2D eigenvalue weighted by Gasteiger charge is -2.13. The molecule has 1 aliphatic rings. The number of carbonyl (C=O) groups excluding carboxylic acids is 1. The Hall–Kier alpha value is -1.66. The number of aryl methyl sites for hydroxylation is 2. The van der Waals surface area contributed by atoms with E-state index in [9.17, 15) is 9.59 Å². The molecule has 1 aromatic heterocycles. The fraction of sp³-hybridized carbons (Fsp3) is 0.467. The molecule has 0 aromatic carbocycles. The number of hydrogen-bond donors (Lipinski definition) is 2. The lowest BCUT2D eigenvalue weighted by molar-refractivity contribution is -0.140. The maximum atomic E-state index is 12.2. The number of fused-ring (bicyclic) bond motifs is 1. The number of amides is 1. The number of carbonyl (C=O) groups is 2. The standard InChI is InChI=1S/C15H19NO4S/c1-2-7-20-9-11(15(18)19)16-14(17)13-8-10-5-3-4-6-12(10)21-13/h2,8,11H,1,3-7,9H2,(H,16,17)(H,18,19). The van der Waals surface area contributed by atoms with Crippen molar-refractivity contribution in [1.82, 2.24) is 5.32 Å². The fourth-order valence-corrected chi connectivity index (χ4v) is 3.43. The Morgan fingerprint density at radius 1 is 1.48 bits per heavy atom. The third-order valence-corrected chi connectivity index (χ3v) is 4.58. The maximum Gasteiger partial charge on any atom is 0.328 e. The topological polar surface area (TPSA) is 75.6 Å². The number of aliphatic carboxylic acids is 1. The van der Waals surface area contributed by atoms with E-state index in [1.807, 2.05) is 6.07 Å². The Kier molecular flexibility index (Phi) is 5.52. The maximum absolute atomic E-state index is 12.2. The van der Waals surface area contributed by atoms with Crippen LogP contribution in [-0.4, -0.2) is 36.2 Å². The Bertz CT molecular complexity index is 514. The van der Waals surface area contributed by atoms with Crippen LogP contribution in [0.25, 0.3) is 0 Å². The van der Waals surface area contributed by atoms with Crippen LogP contribution in [0.2, 0.25) is 0 Å². The summed E-state index contributed by atoms with van der Waals surface area (Å²) in [7, 11) is 0. The van der Waals surface area contributed by atoms with E-state index in [1.54, 1.807) is 0 Å². The Morgan fingerprint density at radius 3 is 2.90 bits per heavy atom. The van der Waals surface area contributed by atoms with Gasteiger partial charge in [-0.2, -0.15) is 0 Å². The SMILES string of the molecule is C=CCOCC(NC(=O)c1cc2c(s1)CCCC2)C(=O)O. The highest BCUT2D eigenvalue weighted by atomic mass is 32.1. The number of rotatable bonds is 7. The van der Waals surface area contributed by atoms with Gasteiger partial charge in [0.05, 0.1) is 18.1 Å². The van der Waals surface area contributed by atoms with Crippen molar-refractivity contribution in [1.29, 1.82) is 0 Å². The molecule has 1 aliphatic carbocycles. The van der Waals surface area contributed by atoms with Crippen LogP contribution in [0.5, 0.6) is 0 Å². The van der Waals surface area contributed by atoms with Gasteiger partial charge in [0.15, 0.2) is 6.04 Å². The van der Waals surface area contributed by atoms with Gasteiger partial charge in [-0.1, -0.05) is 6.08 Å². The number of carboxylic acids is 1. The first-order valence-corrected chi connectivity index (χ1v) is 7.77. The average molecular weight is 309 g/mol. The zero-order valence-electron chi connectivity index (χ0n) is 11.8. The molecule has 5 nitrogen and oxygen atoms in total. The molecule has 0 fully saturated rings. The van der Waals surface area contributed by atoms with Gasteiger partial charge in [-0.15, -0.1) is 17.9 Å². The van der Waals surface area contributed by atoms with Crippen LogP contribution in [0, 0.1) is 0 Å². The first-order chi connectivity index (χ1) is 10.1. The van der Waals surface area contributed by atoms with E-state index in [2.05, 4.69) is 11.9 Å². The van der Waals surface area contributed by atoms with Crippen LogP contribution in [0.4, 0.5) is 0 Å². The van der Waals surface area contributed by atoms with Crippen LogP contribution in [0.15, 0.2) is 18.7 Å². The second-order valence-electron chi connectivity index (χ2n) is 4.96. The van der Waals surface area contributed by atoms with E-state index in [-0.39, 0.29) is 19.1 Å². The zero-order chi connectivity index (χ0) is 15.2. The highest BCUT2D eigenvalue weighted by Crippen LogP contribution is 2.29. The molecule has 0 saturated carbocycles. The summed E-state index contributed by atoms with van der Waals surface area (Å²) in [5, 5.41) is 11.6. The molecule has 6 heteroatoms. The summed E-state index contributed by atoms with van der Waals surface area (Å²) in [6, 6.07) is 0.842. The predicted molar refractivity (Wildman–Crippen MR) is 80.9 cm³/mol. The van der Waals surface area contributed by atoms with Gasteiger partial charge in [-0.25, -0.2) is 4.79 Å². The summed E-state index contributed by atoms with van der Waals surface area (Å²) in [5.41, 5.74) is 1.23. The van der Waals surface area contributed by atoms with Crippen molar-refractivity contribution in [2.75, 3.05) is 13.2 Å². The fourth-order valence-electron chi connectivity index (χ4n) is 2.28. The number of nitrogens with one attached hydrogen (secondary N) is 1. The van der Waals surface area contributed by atoms with Gasteiger partial charge < -0.3 is 15.2 Å². The molecule has 2 rings (SSSR count). The summed E-state index contributed by atoms with van der Waals surface area (Å²) in [6.45, 7) is 3.68. The van der Waals surface area contributed by atoms with Crippen LogP contribution in [-0.2, 0) is 22.4 Å². The minimum Gasteiger partial charge on any atom is -0.480 e. The summed E-state index contributed by atoms with van der Waals surface area (Å²) in [6.07, 6.45) is 5.86. The minimum absolute atomic E-state index is 0.0712. The molecule has 21 heavy (non-hydrogen) atoms. The lowest BCUT2D eigenvalue weighted by Crippen LogP contribution is -2.43. The summed E-state index contributed by atoms with van der Waals surface area (Å²) >= 11 is 1.46. The molecule has 114 valence electrons. The van der Waals surface area contributed by atoms with Crippen LogP contribution >= 0.6 is 11.3 Å². The summed E-state index contributed by atoms with van der Waals surface area (Å²) < 4.78 is 5.11. The van der Waals surface area contributed by atoms with Crippen molar-refractivity contribution >= 4 is 23.2 Å². The van der Waals surface area contributed by atoms with Crippen LogP contribution < -0.4 is 5.32 Å². The second-order valence-corrected chi connectivity index (χ2v) is 6.09.